The Morgan fingerprint density at radius 3 is 2.65 bits per heavy atom. The maximum Gasteiger partial charge on any atom is 0.140 e. The Morgan fingerprint density at radius 1 is 1.47 bits per heavy atom. The fourth-order valence-corrected chi connectivity index (χ4v) is 1.86. The summed E-state index contributed by atoms with van der Waals surface area (Å²) in [5.74, 6) is 1.01. The zero-order valence-electron chi connectivity index (χ0n) is 11.5. The van der Waals surface area contributed by atoms with Gasteiger partial charge >= 0.3 is 0 Å². The number of nitrogens with two attached hydrogens (primary N) is 1. The van der Waals surface area contributed by atoms with Gasteiger partial charge in [-0.2, -0.15) is 5.10 Å². The van der Waals surface area contributed by atoms with Crippen LogP contribution in [0.25, 0.3) is 0 Å². The smallest absolute Gasteiger partial charge is 0.140 e. The van der Waals surface area contributed by atoms with Gasteiger partial charge in [-0.1, -0.05) is 20.8 Å². The second kappa shape index (κ2) is 6.12. The summed E-state index contributed by atoms with van der Waals surface area (Å²) in [6.07, 6.45) is 2.74. The van der Waals surface area contributed by atoms with Gasteiger partial charge in [-0.25, -0.2) is 4.98 Å². The van der Waals surface area contributed by atoms with Crippen LogP contribution in [0, 0.1) is 5.41 Å². The Balaban J connectivity index is 2.63. The third-order valence-corrected chi connectivity index (χ3v) is 2.91. The minimum absolute atomic E-state index is 0.147. The van der Waals surface area contributed by atoms with Gasteiger partial charge in [-0.3, -0.25) is 9.58 Å². The molecule has 0 atom stereocenters. The number of nitrogens with zero attached hydrogens (tertiary/aromatic N) is 4. The number of hydrogen-bond donors (Lipinski definition) is 1. The number of hydrogen-bond acceptors (Lipinski definition) is 4. The van der Waals surface area contributed by atoms with Crippen molar-refractivity contribution in [3.8, 4) is 0 Å². The minimum atomic E-state index is 0.147. The van der Waals surface area contributed by atoms with Crippen LogP contribution < -0.4 is 5.73 Å². The molecule has 5 heteroatoms. The molecule has 1 rings (SSSR count). The molecule has 0 saturated carbocycles. The summed E-state index contributed by atoms with van der Waals surface area (Å²) in [5, 5.41) is 4.10. The molecule has 1 heterocycles. The highest BCUT2D eigenvalue weighted by atomic mass is 15.3. The van der Waals surface area contributed by atoms with Crippen LogP contribution >= 0.6 is 0 Å². The summed E-state index contributed by atoms with van der Waals surface area (Å²) in [7, 11) is 1.93. The maximum absolute atomic E-state index is 5.79. The quantitative estimate of drug-likeness (QED) is 0.771. The van der Waals surface area contributed by atoms with Gasteiger partial charge in [0.1, 0.15) is 12.2 Å². The number of aromatic nitrogens is 3. The Morgan fingerprint density at radius 2 is 2.18 bits per heavy atom. The van der Waals surface area contributed by atoms with E-state index in [4.69, 9.17) is 5.73 Å². The molecule has 1 aromatic heterocycles. The molecule has 2 N–H and O–H groups in total. The SMILES string of the molecule is CCCN(Cc1ncnn1C)CC(C)(C)CN. The molecule has 5 nitrogen and oxygen atoms in total. The average Bonchev–Trinajstić information content (AvgIpc) is 2.64. The van der Waals surface area contributed by atoms with Crippen molar-refractivity contribution in [1.29, 1.82) is 0 Å². The van der Waals surface area contributed by atoms with Crippen LogP contribution in [0.3, 0.4) is 0 Å². The zero-order valence-corrected chi connectivity index (χ0v) is 11.5. The highest BCUT2D eigenvalue weighted by Gasteiger charge is 2.20. The molecule has 0 aliphatic carbocycles. The predicted octanol–water partition coefficient (Wildman–Crippen LogP) is 1.01. The first-order chi connectivity index (χ1) is 7.98. The van der Waals surface area contributed by atoms with Crippen LogP contribution in [0.15, 0.2) is 6.33 Å². The highest BCUT2D eigenvalue weighted by Crippen LogP contribution is 2.16. The Labute approximate surface area is 104 Å². The standard InChI is InChI=1S/C12H25N5/c1-5-6-17(9-12(2,3)8-13)7-11-14-10-15-16(11)4/h10H,5-9,13H2,1-4H3. The molecule has 17 heavy (non-hydrogen) atoms. The second-order valence-electron chi connectivity index (χ2n) is 5.38. The van der Waals surface area contributed by atoms with E-state index in [0.717, 1.165) is 31.9 Å². The summed E-state index contributed by atoms with van der Waals surface area (Å²) >= 11 is 0. The minimum Gasteiger partial charge on any atom is -0.330 e. The van der Waals surface area contributed by atoms with E-state index in [2.05, 4.69) is 35.8 Å². The third kappa shape index (κ3) is 4.44. The summed E-state index contributed by atoms with van der Waals surface area (Å²) in [5.41, 5.74) is 5.94. The number of rotatable bonds is 7. The molecule has 0 bridgehead atoms. The highest BCUT2D eigenvalue weighted by molar-refractivity contribution is 4.85. The molecule has 0 fully saturated rings. The first kappa shape index (κ1) is 14.1. The predicted molar refractivity (Wildman–Crippen MR) is 69.4 cm³/mol. The van der Waals surface area contributed by atoms with Crippen molar-refractivity contribution in [2.45, 2.75) is 33.7 Å². The lowest BCUT2D eigenvalue weighted by Gasteiger charge is -2.31. The molecule has 1 aromatic rings. The van der Waals surface area contributed by atoms with E-state index in [1.165, 1.54) is 0 Å². The van der Waals surface area contributed by atoms with Gasteiger partial charge in [0.25, 0.3) is 0 Å². The van der Waals surface area contributed by atoms with E-state index in [9.17, 15) is 0 Å². The molecule has 0 aliphatic heterocycles. The Hall–Kier alpha value is -0.940. The zero-order chi connectivity index (χ0) is 12.9. The van der Waals surface area contributed by atoms with Crippen LogP contribution in [-0.2, 0) is 13.6 Å². The molecule has 0 saturated heterocycles. The van der Waals surface area contributed by atoms with E-state index in [1.54, 1.807) is 6.33 Å². The van der Waals surface area contributed by atoms with Crippen LogP contribution in [0.1, 0.15) is 33.0 Å². The molecule has 0 radical (unpaired) electrons. The van der Waals surface area contributed by atoms with Crippen molar-refractivity contribution in [2.24, 2.45) is 18.2 Å². The van der Waals surface area contributed by atoms with Crippen LogP contribution in [0.4, 0.5) is 0 Å². The summed E-state index contributed by atoms with van der Waals surface area (Å²) in [6, 6.07) is 0. The van der Waals surface area contributed by atoms with Gasteiger partial charge in [0, 0.05) is 13.6 Å². The van der Waals surface area contributed by atoms with Crippen LogP contribution in [0.2, 0.25) is 0 Å². The van der Waals surface area contributed by atoms with Crippen molar-refractivity contribution in [1.82, 2.24) is 19.7 Å². The molecule has 98 valence electrons. The molecule has 0 aliphatic rings. The molecular formula is C12H25N5. The van der Waals surface area contributed by atoms with Gasteiger partial charge in [-0.15, -0.1) is 0 Å². The fourth-order valence-electron chi connectivity index (χ4n) is 1.86. The van der Waals surface area contributed by atoms with Crippen molar-refractivity contribution in [2.75, 3.05) is 19.6 Å². The summed E-state index contributed by atoms with van der Waals surface area (Å²) < 4.78 is 1.83. The van der Waals surface area contributed by atoms with Crippen LogP contribution in [-0.4, -0.2) is 39.3 Å². The average molecular weight is 239 g/mol. The fraction of sp³-hybridized carbons (Fsp3) is 0.833. The van der Waals surface area contributed by atoms with Crippen molar-refractivity contribution < 1.29 is 0 Å². The lowest BCUT2D eigenvalue weighted by molar-refractivity contribution is 0.170. The first-order valence-electron chi connectivity index (χ1n) is 6.24. The normalized spacial score (nSPS) is 12.4. The Kier molecular flexibility index (Phi) is 5.08. The molecule has 0 aromatic carbocycles. The van der Waals surface area contributed by atoms with Gasteiger partial charge in [0.05, 0.1) is 6.54 Å². The maximum atomic E-state index is 5.79. The summed E-state index contributed by atoms with van der Waals surface area (Å²) in [6.45, 7) is 10.2. The largest absolute Gasteiger partial charge is 0.330 e. The van der Waals surface area contributed by atoms with E-state index < -0.39 is 0 Å². The van der Waals surface area contributed by atoms with Gasteiger partial charge in [-0.05, 0) is 24.9 Å². The van der Waals surface area contributed by atoms with Gasteiger partial charge in [0.15, 0.2) is 0 Å². The molecule has 0 amide bonds. The lowest BCUT2D eigenvalue weighted by atomic mass is 9.93. The monoisotopic (exact) mass is 239 g/mol. The van der Waals surface area contributed by atoms with Crippen molar-refractivity contribution >= 4 is 0 Å². The van der Waals surface area contributed by atoms with E-state index in [-0.39, 0.29) is 5.41 Å². The first-order valence-corrected chi connectivity index (χ1v) is 6.24. The van der Waals surface area contributed by atoms with E-state index >= 15 is 0 Å². The van der Waals surface area contributed by atoms with Gasteiger partial charge < -0.3 is 5.73 Å². The van der Waals surface area contributed by atoms with Crippen LogP contribution in [0.5, 0.6) is 0 Å². The topological polar surface area (TPSA) is 60.0 Å². The molecular weight excluding hydrogens is 214 g/mol. The Bertz CT molecular complexity index is 331. The summed E-state index contributed by atoms with van der Waals surface area (Å²) in [4.78, 5) is 6.67. The third-order valence-electron chi connectivity index (χ3n) is 2.91. The van der Waals surface area contributed by atoms with Crippen molar-refractivity contribution in [3.63, 3.8) is 0 Å². The lowest BCUT2D eigenvalue weighted by Crippen LogP contribution is -2.39. The van der Waals surface area contributed by atoms with Gasteiger partial charge in [0.2, 0.25) is 0 Å². The number of aryl methyl sites for hydroxylation is 1. The van der Waals surface area contributed by atoms with E-state index in [0.29, 0.717) is 6.54 Å². The molecule has 0 unspecified atom stereocenters. The second-order valence-corrected chi connectivity index (χ2v) is 5.38. The molecule has 0 spiro atoms. The van der Waals surface area contributed by atoms with E-state index in [1.807, 2.05) is 11.7 Å². The van der Waals surface area contributed by atoms with Crippen molar-refractivity contribution in [3.05, 3.63) is 12.2 Å².